The van der Waals surface area contributed by atoms with Crippen LogP contribution in [0.5, 0.6) is 5.75 Å². The van der Waals surface area contributed by atoms with E-state index < -0.39 is 5.91 Å². The molecule has 1 atom stereocenters. The second-order valence-electron chi connectivity index (χ2n) is 5.02. The number of ether oxygens (including phenoxy) is 1. The number of unbranched alkanes of at least 4 members (excludes halogenated alkanes) is 3. The Morgan fingerprint density at radius 1 is 1.35 bits per heavy atom. The van der Waals surface area contributed by atoms with Gasteiger partial charge in [-0.05, 0) is 31.9 Å². The molecule has 0 aliphatic carbocycles. The monoisotopic (exact) mass is 298 g/mol. The van der Waals surface area contributed by atoms with E-state index in [1.54, 1.807) is 6.07 Å². The Hall–Kier alpha value is -1.42. The Kier molecular flexibility index (Phi) is 6.65. The van der Waals surface area contributed by atoms with Crippen LogP contribution in [0.15, 0.2) is 12.1 Å². The van der Waals surface area contributed by atoms with Gasteiger partial charge in [-0.15, -0.1) is 0 Å². The van der Waals surface area contributed by atoms with Crippen LogP contribution in [0.4, 0.5) is 5.69 Å². The number of anilines is 1. The van der Waals surface area contributed by atoms with Crippen molar-refractivity contribution in [3.8, 4) is 5.75 Å². The maximum Gasteiger partial charge on any atom is 0.252 e. The minimum atomic E-state index is -0.590. The Morgan fingerprint density at radius 2 is 2.05 bits per heavy atom. The number of nitrogens with two attached hydrogens (primary N) is 2. The highest BCUT2D eigenvalue weighted by Crippen LogP contribution is 2.32. The number of primary amides is 1. The number of amides is 1. The zero-order valence-corrected chi connectivity index (χ0v) is 12.9. The summed E-state index contributed by atoms with van der Waals surface area (Å²) in [7, 11) is 0. The summed E-state index contributed by atoms with van der Waals surface area (Å²) >= 11 is 6.09. The Balaban J connectivity index is 2.73. The van der Waals surface area contributed by atoms with E-state index in [0.717, 1.165) is 12.8 Å². The molecule has 1 aromatic carbocycles. The van der Waals surface area contributed by atoms with Crippen LogP contribution in [-0.4, -0.2) is 12.0 Å². The van der Waals surface area contributed by atoms with Crippen LogP contribution in [0.1, 0.15) is 56.3 Å². The summed E-state index contributed by atoms with van der Waals surface area (Å²) in [6.45, 7) is 4.14. The normalized spacial score (nSPS) is 12.2. The summed E-state index contributed by atoms with van der Waals surface area (Å²) in [5.74, 6) is -0.260. The Morgan fingerprint density at radius 3 is 2.65 bits per heavy atom. The van der Waals surface area contributed by atoms with Crippen molar-refractivity contribution in [2.24, 2.45) is 5.73 Å². The lowest BCUT2D eigenvalue weighted by molar-refractivity contribution is 0.0993. The van der Waals surface area contributed by atoms with Gasteiger partial charge < -0.3 is 16.2 Å². The molecular formula is C15H23ClN2O2. The van der Waals surface area contributed by atoms with Crippen molar-refractivity contribution in [1.82, 2.24) is 0 Å². The van der Waals surface area contributed by atoms with Crippen LogP contribution >= 0.6 is 11.6 Å². The van der Waals surface area contributed by atoms with E-state index in [9.17, 15) is 4.79 Å². The fourth-order valence-corrected chi connectivity index (χ4v) is 2.31. The van der Waals surface area contributed by atoms with E-state index >= 15 is 0 Å². The number of rotatable bonds is 8. The fraction of sp³-hybridized carbons (Fsp3) is 0.533. The molecule has 5 heteroatoms. The minimum absolute atomic E-state index is 0.0221. The molecule has 4 N–H and O–H groups in total. The third-order valence-electron chi connectivity index (χ3n) is 3.11. The molecule has 112 valence electrons. The van der Waals surface area contributed by atoms with Crippen molar-refractivity contribution in [3.63, 3.8) is 0 Å². The van der Waals surface area contributed by atoms with Crippen molar-refractivity contribution < 1.29 is 9.53 Å². The molecule has 20 heavy (non-hydrogen) atoms. The largest absolute Gasteiger partial charge is 0.488 e. The Bertz CT molecular complexity index is 463. The first-order chi connectivity index (χ1) is 9.45. The van der Waals surface area contributed by atoms with Gasteiger partial charge in [0, 0.05) is 5.69 Å². The highest BCUT2D eigenvalue weighted by molar-refractivity contribution is 6.33. The first-order valence-corrected chi connectivity index (χ1v) is 7.39. The van der Waals surface area contributed by atoms with Crippen LogP contribution in [0.3, 0.4) is 0 Å². The SMILES string of the molecule is CCCCCCC(C)Oc1c(Cl)cc(N)cc1C(N)=O. The second kappa shape index (κ2) is 8.00. The molecule has 0 saturated heterocycles. The third-order valence-corrected chi connectivity index (χ3v) is 3.40. The molecule has 1 aromatic rings. The smallest absolute Gasteiger partial charge is 0.252 e. The zero-order chi connectivity index (χ0) is 15.1. The number of nitrogen functional groups attached to an aromatic ring is 1. The lowest BCUT2D eigenvalue weighted by Gasteiger charge is -2.18. The highest BCUT2D eigenvalue weighted by Gasteiger charge is 2.17. The topological polar surface area (TPSA) is 78.3 Å². The molecule has 1 rings (SSSR count). The van der Waals surface area contributed by atoms with Crippen LogP contribution in [0.2, 0.25) is 5.02 Å². The van der Waals surface area contributed by atoms with E-state index in [2.05, 4.69) is 6.92 Å². The zero-order valence-electron chi connectivity index (χ0n) is 12.1. The first kappa shape index (κ1) is 16.6. The average molecular weight is 299 g/mol. The predicted octanol–water partition coefficient (Wildman–Crippen LogP) is 3.76. The summed E-state index contributed by atoms with van der Waals surface area (Å²) in [5.41, 5.74) is 11.6. The number of carbonyl (C=O) groups excluding carboxylic acids is 1. The van der Waals surface area contributed by atoms with E-state index in [0.29, 0.717) is 16.5 Å². The van der Waals surface area contributed by atoms with Gasteiger partial charge in [0.05, 0.1) is 16.7 Å². The molecule has 0 aliphatic rings. The fourth-order valence-electron chi connectivity index (χ4n) is 2.04. The molecule has 0 aromatic heterocycles. The number of hydrogen-bond acceptors (Lipinski definition) is 3. The van der Waals surface area contributed by atoms with E-state index in [1.165, 1.54) is 25.3 Å². The van der Waals surface area contributed by atoms with Gasteiger partial charge in [-0.3, -0.25) is 4.79 Å². The van der Waals surface area contributed by atoms with Gasteiger partial charge in [-0.25, -0.2) is 0 Å². The molecule has 0 saturated carbocycles. The van der Waals surface area contributed by atoms with E-state index in [4.69, 9.17) is 27.8 Å². The van der Waals surface area contributed by atoms with Crippen molar-refractivity contribution in [2.45, 2.75) is 52.1 Å². The van der Waals surface area contributed by atoms with Crippen molar-refractivity contribution in [3.05, 3.63) is 22.7 Å². The van der Waals surface area contributed by atoms with Crippen molar-refractivity contribution >= 4 is 23.2 Å². The third kappa shape index (κ3) is 4.93. The lowest BCUT2D eigenvalue weighted by Crippen LogP contribution is -2.18. The molecule has 1 amide bonds. The minimum Gasteiger partial charge on any atom is -0.488 e. The van der Waals surface area contributed by atoms with Crippen LogP contribution in [0, 0.1) is 0 Å². The predicted molar refractivity (Wildman–Crippen MR) is 83.2 cm³/mol. The van der Waals surface area contributed by atoms with Crippen molar-refractivity contribution in [2.75, 3.05) is 5.73 Å². The average Bonchev–Trinajstić information content (AvgIpc) is 2.37. The van der Waals surface area contributed by atoms with Crippen LogP contribution < -0.4 is 16.2 Å². The first-order valence-electron chi connectivity index (χ1n) is 7.01. The molecule has 0 aliphatic heterocycles. The second-order valence-corrected chi connectivity index (χ2v) is 5.43. The quantitative estimate of drug-likeness (QED) is 0.566. The summed E-state index contributed by atoms with van der Waals surface area (Å²) < 4.78 is 5.78. The molecular weight excluding hydrogens is 276 g/mol. The molecule has 0 radical (unpaired) electrons. The summed E-state index contributed by atoms with van der Waals surface area (Å²) in [6, 6.07) is 3.06. The molecule has 1 unspecified atom stereocenters. The Labute approximate surface area is 125 Å². The van der Waals surface area contributed by atoms with Gasteiger partial charge in [0.25, 0.3) is 5.91 Å². The molecule has 0 heterocycles. The maximum absolute atomic E-state index is 11.4. The lowest BCUT2D eigenvalue weighted by atomic mass is 10.1. The van der Waals surface area contributed by atoms with Gasteiger partial charge in [0.2, 0.25) is 0 Å². The van der Waals surface area contributed by atoms with Gasteiger partial charge in [-0.2, -0.15) is 0 Å². The molecule has 0 spiro atoms. The number of hydrogen-bond donors (Lipinski definition) is 2. The van der Waals surface area contributed by atoms with Gasteiger partial charge in [0.1, 0.15) is 0 Å². The molecule has 4 nitrogen and oxygen atoms in total. The molecule has 0 fully saturated rings. The summed E-state index contributed by atoms with van der Waals surface area (Å²) in [5, 5.41) is 0.319. The van der Waals surface area contributed by atoms with Crippen LogP contribution in [-0.2, 0) is 0 Å². The van der Waals surface area contributed by atoms with Gasteiger partial charge >= 0.3 is 0 Å². The summed E-state index contributed by atoms with van der Waals surface area (Å²) in [6.07, 6.45) is 5.59. The summed E-state index contributed by atoms with van der Waals surface area (Å²) in [4.78, 5) is 11.4. The number of carbonyl (C=O) groups is 1. The van der Waals surface area contributed by atoms with Gasteiger partial charge in [0.15, 0.2) is 5.75 Å². The standard InChI is InChI=1S/C15H23ClN2O2/c1-3-4-5-6-7-10(2)20-14-12(15(18)19)8-11(17)9-13(14)16/h8-10H,3-7,17H2,1-2H3,(H2,18,19). The number of benzene rings is 1. The maximum atomic E-state index is 11.4. The van der Waals surface area contributed by atoms with E-state index in [1.807, 2.05) is 6.92 Å². The number of halogens is 1. The molecule has 0 bridgehead atoms. The van der Waals surface area contributed by atoms with Gasteiger partial charge in [-0.1, -0.05) is 37.8 Å². The van der Waals surface area contributed by atoms with E-state index in [-0.39, 0.29) is 11.7 Å². The van der Waals surface area contributed by atoms with Crippen LogP contribution in [0.25, 0.3) is 0 Å². The highest BCUT2D eigenvalue weighted by atomic mass is 35.5. The van der Waals surface area contributed by atoms with Crippen molar-refractivity contribution in [1.29, 1.82) is 0 Å².